The summed E-state index contributed by atoms with van der Waals surface area (Å²) in [5.41, 5.74) is 14.9. The smallest absolute Gasteiger partial charge is 0.143 e. The summed E-state index contributed by atoms with van der Waals surface area (Å²) in [6, 6.07) is 67.4. The van der Waals surface area contributed by atoms with Gasteiger partial charge in [0.2, 0.25) is 0 Å². The first-order valence-electron chi connectivity index (χ1n) is 17.1. The fourth-order valence-electron chi connectivity index (χ4n) is 7.54. The van der Waals surface area contributed by atoms with Gasteiger partial charge in [0.05, 0.1) is 11.0 Å². The Labute approximate surface area is 290 Å². The molecule has 8 aromatic carbocycles. The van der Waals surface area contributed by atoms with E-state index < -0.39 is 0 Å². The first-order valence-corrected chi connectivity index (χ1v) is 17.1. The monoisotopic (exact) mass is 637 g/mol. The molecule has 0 bridgehead atoms. The zero-order valence-electron chi connectivity index (χ0n) is 27.3. The normalized spacial score (nSPS) is 11.6. The van der Waals surface area contributed by atoms with Crippen molar-refractivity contribution in [1.29, 1.82) is 0 Å². The van der Waals surface area contributed by atoms with Gasteiger partial charge in [-0.2, -0.15) is 0 Å². The zero-order valence-corrected chi connectivity index (χ0v) is 27.3. The first kappa shape index (κ1) is 28.4. The van der Waals surface area contributed by atoms with Gasteiger partial charge in [-0.25, -0.2) is 0 Å². The van der Waals surface area contributed by atoms with Gasteiger partial charge in [-0.15, -0.1) is 0 Å². The van der Waals surface area contributed by atoms with Crippen molar-refractivity contribution in [1.82, 2.24) is 4.57 Å². The van der Waals surface area contributed by atoms with Crippen molar-refractivity contribution in [3.05, 3.63) is 188 Å². The second-order valence-electron chi connectivity index (χ2n) is 12.9. The largest absolute Gasteiger partial charge is 0.455 e. The van der Waals surface area contributed by atoms with Crippen LogP contribution >= 0.6 is 0 Å². The predicted octanol–water partition coefficient (Wildman–Crippen LogP) is 13.4. The van der Waals surface area contributed by atoms with E-state index in [9.17, 15) is 0 Å². The lowest BCUT2D eigenvalue weighted by atomic mass is 9.98. The van der Waals surface area contributed by atoms with E-state index in [-0.39, 0.29) is 0 Å². The lowest BCUT2D eigenvalue weighted by molar-refractivity contribution is 0.670. The molecule has 0 aliphatic rings. The lowest BCUT2D eigenvalue weighted by Gasteiger charge is -2.11. The molecule has 0 atom stereocenters. The summed E-state index contributed by atoms with van der Waals surface area (Å²) in [5, 5.41) is 4.80. The highest BCUT2D eigenvalue weighted by Gasteiger charge is 2.16. The van der Waals surface area contributed by atoms with Gasteiger partial charge in [-0.1, -0.05) is 146 Å². The third-order valence-electron chi connectivity index (χ3n) is 10.0. The number of rotatable bonds is 5. The SMILES string of the molecule is c1ccc(-c2ccc3c(c2)c2cc(-c4ccccc4)ccc2n3-c2ccc(-c3ccc(-c4cccc5c4oc4ccccc45)cc3)cc2)cc1. The van der Waals surface area contributed by atoms with Crippen molar-refractivity contribution in [2.75, 3.05) is 0 Å². The standard InChI is InChI=1S/C48H31NO/c1-3-10-32(11-4-1)37-24-28-45-43(30-37)44-31-38(33-12-5-2-6-13-33)25-29-46(44)49(45)39-26-22-35(23-27-39)34-18-20-36(21-19-34)40-15-9-16-42-41-14-7-8-17-47(41)50-48(40)42/h1-31H. The molecule has 10 rings (SSSR count). The average Bonchev–Trinajstić information content (AvgIpc) is 3.74. The summed E-state index contributed by atoms with van der Waals surface area (Å²) in [6.07, 6.45) is 0. The Morgan fingerprint density at radius 1 is 0.320 bits per heavy atom. The number of furan rings is 1. The summed E-state index contributed by atoms with van der Waals surface area (Å²) in [5.74, 6) is 0. The van der Waals surface area contributed by atoms with Gasteiger partial charge in [0, 0.05) is 32.8 Å². The second kappa shape index (κ2) is 11.5. The van der Waals surface area contributed by atoms with Crippen molar-refractivity contribution in [2.45, 2.75) is 0 Å². The molecule has 0 radical (unpaired) electrons. The van der Waals surface area contributed by atoms with Crippen LogP contribution in [0.25, 0.3) is 93.9 Å². The van der Waals surface area contributed by atoms with E-state index in [1.165, 1.54) is 55.2 Å². The summed E-state index contributed by atoms with van der Waals surface area (Å²) in [6.45, 7) is 0. The molecule has 2 heterocycles. The predicted molar refractivity (Wildman–Crippen MR) is 210 cm³/mol. The zero-order chi connectivity index (χ0) is 33.0. The van der Waals surface area contributed by atoms with Gasteiger partial charge in [-0.05, 0) is 81.4 Å². The van der Waals surface area contributed by atoms with Crippen molar-refractivity contribution in [3.63, 3.8) is 0 Å². The van der Waals surface area contributed by atoms with Crippen LogP contribution in [0.15, 0.2) is 192 Å². The van der Waals surface area contributed by atoms with Crippen LogP contribution in [0.3, 0.4) is 0 Å². The fourth-order valence-corrected chi connectivity index (χ4v) is 7.54. The molecule has 2 nitrogen and oxygen atoms in total. The number of nitrogens with zero attached hydrogens (tertiary/aromatic N) is 1. The van der Waals surface area contributed by atoms with Crippen LogP contribution in [0, 0.1) is 0 Å². The quantitative estimate of drug-likeness (QED) is 0.184. The third kappa shape index (κ3) is 4.65. The van der Waals surface area contributed by atoms with Crippen LogP contribution in [0.2, 0.25) is 0 Å². The molecule has 0 N–H and O–H groups in total. The minimum absolute atomic E-state index is 0.920. The summed E-state index contributed by atoms with van der Waals surface area (Å²) < 4.78 is 8.72. The fraction of sp³-hybridized carbons (Fsp3) is 0. The molecule has 0 saturated carbocycles. The summed E-state index contributed by atoms with van der Waals surface area (Å²) in [7, 11) is 0. The van der Waals surface area contributed by atoms with Crippen LogP contribution in [0.4, 0.5) is 0 Å². The second-order valence-corrected chi connectivity index (χ2v) is 12.9. The van der Waals surface area contributed by atoms with Gasteiger partial charge in [-0.3, -0.25) is 0 Å². The van der Waals surface area contributed by atoms with E-state index in [4.69, 9.17) is 4.42 Å². The summed E-state index contributed by atoms with van der Waals surface area (Å²) >= 11 is 0. The average molecular weight is 638 g/mol. The maximum Gasteiger partial charge on any atom is 0.143 e. The summed E-state index contributed by atoms with van der Waals surface area (Å²) in [4.78, 5) is 0. The molecular formula is C48H31NO. The van der Waals surface area contributed by atoms with Crippen LogP contribution in [0.5, 0.6) is 0 Å². The minimum atomic E-state index is 0.920. The van der Waals surface area contributed by atoms with Gasteiger partial charge < -0.3 is 8.98 Å². The van der Waals surface area contributed by atoms with Gasteiger partial charge in [0.15, 0.2) is 0 Å². The van der Waals surface area contributed by atoms with Crippen molar-refractivity contribution < 1.29 is 4.42 Å². The number of para-hydroxylation sites is 2. The van der Waals surface area contributed by atoms with E-state index >= 15 is 0 Å². The lowest BCUT2D eigenvalue weighted by Crippen LogP contribution is -1.94. The molecular weight excluding hydrogens is 607 g/mol. The number of aromatic nitrogens is 1. The Balaban J connectivity index is 1.04. The number of hydrogen-bond donors (Lipinski definition) is 0. The maximum absolute atomic E-state index is 6.32. The number of benzene rings is 8. The number of hydrogen-bond acceptors (Lipinski definition) is 1. The highest BCUT2D eigenvalue weighted by Crippen LogP contribution is 2.39. The van der Waals surface area contributed by atoms with E-state index in [0.29, 0.717) is 0 Å². The Kier molecular flexibility index (Phi) is 6.53. The molecule has 0 amide bonds. The molecule has 234 valence electrons. The molecule has 0 aliphatic heterocycles. The molecule has 10 aromatic rings. The number of fused-ring (bicyclic) bond motifs is 6. The van der Waals surface area contributed by atoms with Gasteiger partial charge in [0.1, 0.15) is 11.2 Å². The van der Waals surface area contributed by atoms with Crippen molar-refractivity contribution >= 4 is 43.7 Å². The molecule has 0 spiro atoms. The Morgan fingerprint density at radius 2 is 0.800 bits per heavy atom. The van der Waals surface area contributed by atoms with Crippen molar-refractivity contribution in [2.24, 2.45) is 0 Å². The van der Waals surface area contributed by atoms with E-state index in [2.05, 4.69) is 180 Å². The Morgan fingerprint density at radius 3 is 1.42 bits per heavy atom. The maximum atomic E-state index is 6.32. The molecule has 50 heavy (non-hydrogen) atoms. The minimum Gasteiger partial charge on any atom is -0.455 e. The van der Waals surface area contributed by atoms with E-state index in [0.717, 1.165) is 38.8 Å². The van der Waals surface area contributed by atoms with Crippen molar-refractivity contribution in [3.8, 4) is 50.2 Å². The van der Waals surface area contributed by atoms with Crippen LogP contribution in [-0.2, 0) is 0 Å². The molecule has 2 heteroatoms. The molecule has 0 unspecified atom stereocenters. The Hall–Kier alpha value is -6.64. The molecule has 2 aromatic heterocycles. The Bertz CT molecular complexity index is 2730. The van der Waals surface area contributed by atoms with Crippen LogP contribution < -0.4 is 0 Å². The molecule has 0 saturated heterocycles. The van der Waals surface area contributed by atoms with Gasteiger partial charge in [0.25, 0.3) is 0 Å². The molecule has 0 aliphatic carbocycles. The topological polar surface area (TPSA) is 18.1 Å². The van der Waals surface area contributed by atoms with E-state index in [1.807, 2.05) is 12.1 Å². The highest BCUT2D eigenvalue weighted by atomic mass is 16.3. The first-order chi connectivity index (χ1) is 24.8. The van der Waals surface area contributed by atoms with Crippen LogP contribution in [-0.4, -0.2) is 4.57 Å². The van der Waals surface area contributed by atoms with Crippen LogP contribution in [0.1, 0.15) is 0 Å². The van der Waals surface area contributed by atoms with E-state index in [1.54, 1.807) is 0 Å². The highest BCUT2D eigenvalue weighted by molar-refractivity contribution is 6.12. The molecule has 0 fully saturated rings. The third-order valence-corrected chi connectivity index (χ3v) is 10.0. The van der Waals surface area contributed by atoms with Gasteiger partial charge >= 0.3 is 0 Å².